The molecule has 1 aromatic rings. The summed E-state index contributed by atoms with van der Waals surface area (Å²) in [6.45, 7) is 6.10. The fourth-order valence-electron chi connectivity index (χ4n) is 4.36. The number of aromatic nitrogens is 2. The number of nitrogens with one attached hydrogen (secondary N) is 1. The van der Waals surface area contributed by atoms with Gasteiger partial charge in [-0.3, -0.25) is 9.69 Å². The van der Waals surface area contributed by atoms with Crippen molar-refractivity contribution in [3.05, 3.63) is 18.0 Å². The Balaban J connectivity index is 0.000000758. The van der Waals surface area contributed by atoms with E-state index in [1.54, 1.807) is 0 Å². The van der Waals surface area contributed by atoms with Crippen molar-refractivity contribution in [1.29, 1.82) is 0 Å². The van der Waals surface area contributed by atoms with Crippen LogP contribution >= 0.6 is 0 Å². The summed E-state index contributed by atoms with van der Waals surface area (Å²) in [5.74, 6) is 0.737. The highest BCUT2D eigenvalue weighted by atomic mass is 16.5. The Hall–Kier alpha value is -1.73. The first-order valence-electron chi connectivity index (χ1n) is 9.55. The quantitative estimate of drug-likeness (QED) is 0.750. The van der Waals surface area contributed by atoms with E-state index in [9.17, 15) is 0 Å². The van der Waals surface area contributed by atoms with Crippen LogP contribution in [0.15, 0.2) is 12.4 Å². The average molecular weight is 364 g/mol. The van der Waals surface area contributed by atoms with Crippen molar-refractivity contribution < 1.29 is 14.6 Å². The number of rotatable bonds is 6. The first-order valence-corrected chi connectivity index (χ1v) is 9.55. The number of ether oxygens (including phenoxy) is 1. The van der Waals surface area contributed by atoms with Crippen molar-refractivity contribution in [1.82, 2.24) is 14.9 Å². The smallest absolute Gasteiger partial charge is 0.290 e. The molecule has 7 nitrogen and oxygen atoms in total. The summed E-state index contributed by atoms with van der Waals surface area (Å²) >= 11 is 0. The van der Waals surface area contributed by atoms with E-state index < -0.39 is 0 Å². The third kappa shape index (κ3) is 5.38. The number of likely N-dealkylation sites (tertiary alicyclic amines) is 1. The van der Waals surface area contributed by atoms with Gasteiger partial charge in [-0.15, -0.1) is 0 Å². The molecule has 0 unspecified atom stereocenters. The van der Waals surface area contributed by atoms with Gasteiger partial charge in [-0.1, -0.05) is 13.3 Å². The highest BCUT2D eigenvalue weighted by molar-refractivity contribution is 5.32. The second kappa shape index (κ2) is 10.4. The molecule has 2 fully saturated rings. The van der Waals surface area contributed by atoms with Gasteiger partial charge in [-0.25, -0.2) is 9.97 Å². The van der Waals surface area contributed by atoms with Gasteiger partial charge in [-0.05, 0) is 38.6 Å². The van der Waals surface area contributed by atoms with Crippen LogP contribution in [0, 0.1) is 5.41 Å². The second-order valence-electron chi connectivity index (χ2n) is 7.24. The molecular formula is C19H32N4O3. The lowest BCUT2D eigenvalue weighted by atomic mass is 9.76. The Morgan fingerprint density at radius 2 is 2.08 bits per heavy atom. The highest BCUT2D eigenvalue weighted by Crippen LogP contribution is 2.46. The topological polar surface area (TPSA) is 87.6 Å². The largest absolute Gasteiger partial charge is 0.483 e. The maximum Gasteiger partial charge on any atom is 0.290 e. The number of hydrogen-bond acceptors (Lipinski definition) is 6. The number of methoxy groups -OCH3 is 1. The van der Waals surface area contributed by atoms with Crippen LogP contribution in [0.2, 0.25) is 0 Å². The minimum atomic E-state index is -0.250. The van der Waals surface area contributed by atoms with Crippen LogP contribution in [-0.4, -0.2) is 59.3 Å². The van der Waals surface area contributed by atoms with Gasteiger partial charge in [0.25, 0.3) is 6.47 Å². The third-order valence-corrected chi connectivity index (χ3v) is 5.44. The van der Waals surface area contributed by atoms with E-state index in [0.717, 1.165) is 32.0 Å². The summed E-state index contributed by atoms with van der Waals surface area (Å²) in [6.07, 6.45) is 11.9. The first kappa shape index (κ1) is 20.6. The summed E-state index contributed by atoms with van der Waals surface area (Å²) in [5, 5.41) is 10.1. The lowest BCUT2D eigenvalue weighted by Crippen LogP contribution is -2.47. The molecule has 3 rings (SSSR count). The number of anilines is 1. The van der Waals surface area contributed by atoms with Crippen molar-refractivity contribution in [3.63, 3.8) is 0 Å². The molecule has 0 amide bonds. The van der Waals surface area contributed by atoms with Gasteiger partial charge in [0.05, 0.1) is 6.10 Å². The van der Waals surface area contributed by atoms with Crippen molar-refractivity contribution in [2.24, 2.45) is 5.41 Å². The number of piperidine rings is 1. The standard InChI is InChI=1S/C18H30N4O.CH2O2/c1-3-9-19-17-20-11-15(12-21-17)13-22-10-5-8-18(14-22)7-4-6-16(18)23-2;2-1-3/h11-12,16H,3-10,13-14H2,1-2H3,(H,19,20,21);1H,(H,2,3)/t16-,18+;/m1./s1. The SMILES string of the molecule is CCCNc1ncc(CN2CCC[C@@]3(CCC[C@H]3OC)C2)cn1.O=CO. The zero-order chi connectivity index (χ0) is 18.8. The molecule has 1 saturated carbocycles. The van der Waals surface area contributed by atoms with Crippen LogP contribution in [0.4, 0.5) is 5.95 Å². The zero-order valence-electron chi connectivity index (χ0n) is 16.0. The first-order chi connectivity index (χ1) is 12.7. The summed E-state index contributed by atoms with van der Waals surface area (Å²) < 4.78 is 5.80. The van der Waals surface area contributed by atoms with Crippen molar-refractivity contribution >= 4 is 12.4 Å². The normalized spacial score (nSPS) is 25.5. The minimum Gasteiger partial charge on any atom is -0.483 e. The van der Waals surface area contributed by atoms with E-state index in [1.807, 2.05) is 19.5 Å². The van der Waals surface area contributed by atoms with Crippen molar-refractivity contribution in [2.75, 3.05) is 32.1 Å². The van der Waals surface area contributed by atoms with Crippen LogP contribution in [-0.2, 0) is 16.1 Å². The van der Waals surface area contributed by atoms with Crippen LogP contribution in [0.25, 0.3) is 0 Å². The van der Waals surface area contributed by atoms with Gasteiger partial charge in [0, 0.05) is 50.1 Å². The van der Waals surface area contributed by atoms with Crippen LogP contribution < -0.4 is 5.32 Å². The molecule has 2 heterocycles. The number of hydrogen-bond donors (Lipinski definition) is 2. The van der Waals surface area contributed by atoms with Crippen LogP contribution in [0.1, 0.15) is 51.0 Å². The van der Waals surface area contributed by atoms with E-state index in [0.29, 0.717) is 11.5 Å². The van der Waals surface area contributed by atoms with E-state index >= 15 is 0 Å². The zero-order valence-corrected chi connectivity index (χ0v) is 16.0. The Kier molecular flexibility index (Phi) is 8.25. The number of carboxylic acid groups (broad SMARTS) is 1. The molecule has 1 saturated heterocycles. The van der Waals surface area contributed by atoms with Gasteiger partial charge < -0.3 is 15.2 Å². The van der Waals surface area contributed by atoms with Gasteiger partial charge in [0.1, 0.15) is 0 Å². The van der Waals surface area contributed by atoms with Gasteiger partial charge in [0.15, 0.2) is 0 Å². The predicted octanol–water partition coefficient (Wildman–Crippen LogP) is 2.78. The number of nitrogens with zero attached hydrogens (tertiary/aromatic N) is 3. The molecule has 0 radical (unpaired) electrons. The van der Waals surface area contributed by atoms with Crippen molar-refractivity contribution in [3.8, 4) is 0 Å². The van der Waals surface area contributed by atoms with Crippen molar-refractivity contribution in [2.45, 2.75) is 58.1 Å². The Bertz CT molecular complexity index is 540. The molecule has 1 aliphatic carbocycles. The lowest BCUT2D eigenvalue weighted by molar-refractivity contribution is -0.122. The Morgan fingerprint density at radius 3 is 2.73 bits per heavy atom. The van der Waals surface area contributed by atoms with Gasteiger partial charge in [0.2, 0.25) is 5.95 Å². The minimum absolute atomic E-state index is 0.250. The summed E-state index contributed by atoms with van der Waals surface area (Å²) in [4.78, 5) is 19.8. The molecule has 2 atom stereocenters. The van der Waals surface area contributed by atoms with Crippen LogP contribution in [0.5, 0.6) is 0 Å². The molecule has 7 heteroatoms. The third-order valence-electron chi connectivity index (χ3n) is 5.44. The summed E-state index contributed by atoms with van der Waals surface area (Å²) in [6, 6.07) is 0. The molecule has 26 heavy (non-hydrogen) atoms. The second-order valence-corrected chi connectivity index (χ2v) is 7.24. The van der Waals surface area contributed by atoms with Gasteiger partial charge in [-0.2, -0.15) is 0 Å². The summed E-state index contributed by atoms with van der Waals surface area (Å²) in [5.41, 5.74) is 1.59. The van der Waals surface area contributed by atoms with E-state index in [1.165, 1.54) is 44.2 Å². The monoisotopic (exact) mass is 364 g/mol. The maximum absolute atomic E-state index is 8.36. The molecule has 2 aliphatic rings. The van der Waals surface area contributed by atoms with E-state index in [-0.39, 0.29) is 6.47 Å². The molecule has 1 spiro atoms. The fourth-order valence-corrected chi connectivity index (χ4v) is 4.36. The fraction of sp³-hybridized carbons (Fsp3) is 0.737. The molecule has 1 aliphatic heterocycles. The lowest BCUT2D eigenvalue weighted by Gasteiger charge is -2.43. The Morgan fingerprint density at radius 1 is 1.38 bits per heavy atom. The maximum atomic E-state index is 8.36. The van der Waals surface area contributed by atoms with Crippen LogP contribution in [0.3, 0.4) is 0 Å². The molecular weight excluding hydrogens is 332 g/mol. The molecule has 1 aromatic heterocycles. The molecule has 146 valence electrons. The Labute approximate surface area is 156 Å². The van der Waals surface area contributed by atoms with E-state index in [4.69, 9.17) is 14.6 Å². The van der Waals surface area contributed by atoms with Gasteiger partial charge >= 0.3 is 0 Å². The van der Waals surface area contributed by atoms with E-state index in [2.05, 4.69) is 27.1 Å². The highest BCUT2D eigenvalue weighted by Gasteiger charge is 2.45. The predicted molar refractivity (Wildman–Crippen MR) is 101 cm³/mol. The molecule has 0 bridgehead atoms. The number of carbonyl (C=O) groups is 1. The average Bonchev–Trinajstić information content (AvgIpc) is 3.03. The molecule has 2 N–H and O–H groups in total. The molecule has 0 aromatic carbocycles. The summed E-state index contributed by atoms with van der Waals surface area (Å²) in [7, 11) is 1.88.